The van der Waals surface area contributed by atoms with Crippen molar-refractivity contribution in [3.05, 3.63) is 0 Å². The molecule has 0 amide bonds. The number of aliphatic hydroxyl groups excluding tert-OH is 2. The lowest BCUT2D eigenvalue weighted by atomic mass is 9.70. The molecular formula is C16H30N2O2. The van der Waals surface area contributed by atoms with Crippen LogP contribution in [0.4, 0.5) is 0 Å². The average molecular weight is 282 g/mol. The minimum absolute atomic E-state index is 0.360. The summed E-state index contributed by atoms with van der Waals surface area (Å²) >= 11 is 0. The zero-order valence-electron chi connectivity index (χ0n) is 12.7. The summed E-state index contributed by atoms with van der Waals surface area (Å²) in [5, 5.41) is 23.2. The first-order chi connectivity index (χ1) is 9.56. The molecule has 2 atom stereocenters. The molecular weight excluding hydrogens is 252 g/mol. The second kappa shape index (κ2) is 5.91. The summed E-state index contributed by atoms with van der Waals surface area (Å²) in [6.07, 6.45) is 6.81. The van der Waals surface area contributed by atoms with Crippen LogP contribution in [0.5, 0.6) is 0 Å². The lowest BCUT2D eigenvalue weighted by Gasteiger charge is -2.42. The molecule has 3 fully saturated rings. The van der Waals surface area contributed by atoms with E-state index in [1.54, 1.807) is 0 Å². The number of nitrogens with one attached hydrogen (secondary N) is 1. The molecule has 2 saturated carbocycles. The molecule has 1 heterocycles. The highest BCUT2D eigenvalue weighted by molar-refractivity contribution is 4.95. The van der Waals surface area contributed by atoms with E-state index in [1.807, 2.05) is 0 Å². The van der Waals surface area contributed by atoms with E-state index in [1.165, 1.54) is 38.5 Å². The second-order valence-corrected chi connectivity index (χ2v) is 7.67. The quantitative estimate of drug-likeness (QED) is 0.703. The number of hydrogen-bond donors (Lipinski definition) is 3. The van der Waals surface area contributed by atoms with Crippen LogP contribution in [-0.2, 0) is 0 Å². The number of aliphatic hydroxyl groups is 2. The fourth-order valence-electron chi connectivity index (χ4n) is 3.86. The van der Waals surface area contributed by atoms with Crippen molar-refractivity contribution in [3.63, 3.8) is 0 Å². The van der Waals surface area contributed by atoms with Gasteiger partial charge < -0.3 is 15.5 Å². The van der Waals surface area contributed by atoms with Crippen molar-refractivity contribution in [1.29, 1.82) is 0 Å². The monoisotopic (exact) mass is 282 g/mol. The van der Waals surface area contributed by atoms with Gasteiger partial charge in [-0.05, 0) is 37.0 Å². The van der Waals surface area contributed by atoms with Crippen LogP contribution in [0.3, 0.4) is 0 Å². The number of likely N-dealkylation sites (tertiary alicyclic amines) is 1. The Morgan fingerprint density at radius 2 is 1.65 bits per heavy atom. The second-order valence-electron chi connectivity index (χ2n) is 7.67. The van der Waals surface area contributed by atoms with Gasteiger partial charge in [0.15, 0.2) is 0 Å². The van der Waals surface area contributed by atoms with Gasteiger partial charge in [0.05, 0.1) is 12.2 Å². The average Bonchev–Trinajstić information content (AvgIpc) is 3.19. The Balaban J connectivity index is 1.59. The molecule has 20 heavy (non-hydrogen) atoms. The predicted molar refractivity (Wildman–Crippen MR) is 79.5 cm³/mol. The molecule has 0 aromatic rings. The lowest BCUT2D eigenvalue weighted by Crippen LogP contribution is -2.46. The standard InChI is InChI=1S/C16H30N2O2/c1-12-4-6-16(7-5-12,10-17-13-2-3-13)11-18-8-14(19)15(20)9-18/h12-15,17,19-20H,2-11H2,1H3. The molecule has 0 bridgehead atoms. The molecule has 0 aromatic heterocycles. The van der Waals surface area contributed by atoms with Crippen molar-refractivity contribution in [3.8, 4) is 0 Å². The molecule has 0 aromatic carbocycles. The minimum Gasteiger partial charge on any atom is -0.389 e. The number of rotatable bonds is 5. The summed E-state index contributed by atoms with van der Waals surface area (Å²) in [7, 11) is 0. The van der Waals surface area contributed by atoms with Crippen LogP contribution in [0.15, 0.2) is 0 Å². The van der Waals surface area contributed by atoms with Gasteiger partial charge in [-0.2, -0.15) is 0 Å². The van der Waals surface area contributed by atoms with Gasteiger partial charge in [-0.25, -0.2) is 0 Å². The van der Waals surface area contributed by atoms with E-state index < -0.39 is 12.2 Å². The molecule has 2 aliphatic carbocycles. The minimum atomic E-state index is -0.550. The van der Waals surface area contributed by atoms with Gasteiger partial charge in [-0.15, -0.1) is 0 Å². The lowest BCUT2D eigenvalue weighted by molar-refractivity contribution is 0.0572. The van der Waals surface area contributed by atoms with Crippen molar-refractivity contribution in [2.24, 2.45) is 11.3 Å². The van der Waals surface area contributed by atoms with Gasteiger partial charge in [0.2, 0.25) is 0 Å². The maximum Gasteiger partial charge on any atom is 0.0938 e. The first-order valence-electron chi connectivity index (χ1n) is 8.38. The third-order valence-corrected chi connectivity index (χ3v) is 5.57. The van der Waals surface area contributed by atoms with Crippen molar-refractivity contribution in [2.75, 3.05) is 26.2 Å². The van der Waals surface area contributed by atoms with Gasteiger partial charge in [0, 0.05) is 32.2 Å². The number of β-amino-alcohol motifs (C(OH)–C–C–N with tert-alkyl or cyclic N) is 2. The van der Waals surface area contributed by atoms with E-state index in [-0.39, 0.29) is 0 Å². The first kappa shape index (κ1) is 14.8. The molecule has 0 radical (unpaired) electrons. The molecule has 1 saturated heterocycles. The fourth-order valence-corrected chi connectivity index (χ4v) is 3.86. The van der Waals surface area contributed by atoms with Gasteiger partial charge in [0.1, 0.15) is 0 Å². The summed E-state index contributed by atoms with van der Waals surface area (Å²) in [4.78, 5) is 2.28. The van der Waals surface area contributed by atoms with Crippen molar-refractivity contribution >= 4 is 0 Å². The van der Waals surface area contributed by atoms with Gasteiger partial charge >= 0.3 is 0 Å². The van der Waals surface area contributed by atoms with Crippen LogP contribution in [0.1, 0.15) is 45.4 Å². The summed E-state index contributed by atoms with van der Waals surface area (Å²) < 4.78 is 0. The maximum absolute atomic E-state index is 9.74. The molecule has 116 valence electrons. The summed E-state index contributed by atoms with van der Waals surface area (Å²) in [6, 6.07) is 0.765. The van der Waals surface area contributed by atoms with Crippen molar-refractivity contribution < 1.29 is 10.2 Å². The zero-order chi connectivity index (χ0) is 14.2. The third-order valence-electron chi connectivity index (χ3n) is 5.57. The van der Waals surface area contributed by atoms with E-state index >= 15 is 0 Å². The fraction of sp³-hybridized carbons (Fsp3) is 1.00. The van der Waals surface area contributed by atoms with E-state index in [4.69, 9.17) is 0 Å². The smallest absolute Gasteiger partial charge is 0.0938 e. The number of nitrogens with zero attached hydrogens (tertiary/aromatic N) is 1. The molecule has 2 unspecified atom stereocenters. The zero-order valence-corrected chi connectivity index (χ0v) is 12.7. The van der Waals surface area contributed by atoms with Gasteiger partial charge in [-0.3, -0.25) is 4.90 Å². The predicted octanol–water partition coefficient (Wildman–Crippen LogP) is 0.972. The molecule has 3 aliphatic rings. The highest BCUT2D eigenvalue weighted by Crippen LogP contribution is 2.40. The Labute approximate surface area is 122 Å². The summed E-state index contributed by atoms with van der Waals surface area (Å²) in [6.45, 7) is 5.80. The normalized spacial score (nSPS) is 43.0. The molecule has 1 aliphatic heterocycles. The number of hydrogen-bond acceptors (Lipinski definition) is 4. The summed E-state index contributed by atoms with van der Waals surface area (Å²) in [5.74, 6) is 0.860. The maximum atomic E-state index is 9.74. The Kier molecular flexibility index (Phi) is 4.37. The van der Waals surface area contributed by atoms with Crippen molar-refractivity contribution in [1.82, 2.24) is 10.2 Å². The van der Waals surface area contributed by atoms with Crippen LogP contribution in [-0.4, -0.2) is 59.5 Å². The van der Waals surface area contributed by atoms with Crippen LogP contribution in [0.2, 0.25) is 0 Å². The molecule has 3 N–H and O–H groups in total. The highest BCUT2D eigenvalue weighted by atomic mass is 16.3. The van der Waals surface area contributed by atoms with Gasteiger partial charge in [-0.1, -0.05) is 19.8 Å². The van der Waals surface area contributed by atoms with Crippen LogP contribution in [0, 0.1) is 11.3 Å². The van der Waals surface area contributed by atoms with E-state index in [0.717, 1.165) is 25.0 Å². The molecule has 3 rings (SSSR count). The largest absolute Gasteiger partial charge is 0.389 e. The molecule has 4 nitrogen and oxygen atoms in total. The topological polar surface area (TPSA) is 55.7 Å². The summed E-state index contributed by atoms with van der Waals surface area (Å²) in [5.41, 5.74) is 0.360. The first-order valence-corrected chi connectivity index (χ1v) is 8.38. The van der Waals surface area contributed by atoms with E-state index in [0.29, 0.717) is 18.5 Å². The van der Waals surface area contributed by atoms with Crippen LogP contribution < -0.4 is 5.32 Å². The van der Waals surface area contributed by atoms with Crippen molar-refractivity contribution in [2.45, 2.75) is 63.7 Å². The van der Waals surface area contributed by atoms with E-state index in [9.17, 15) is 10.2 Å². The van der Waals surface area contributed by atoms with Crippen LogP contribution in [0.25, 0.3) is 0 Å². The Morgan fingerprint density at radius 1 is 1.05 bits per heavy atom. The van der Waals surface area contributed by atoms with Gasteiger partial charge in [0.25, 0.3) is 0 Å². The van der Waals surface area contributed by atoms with Crippen LogP contribution >= 0.6 is 0 Å². The highest BCUT2D eigenvalue weighted by Gasteiger charge is 2.40. The molecule has 0 spiro atoms. The Bertz CT molecular complexity index is 314. The van der Waals surface area contributed by atoms with E-state index in [2.05, 4.69) is 17.1 Å². The Hall–Kier alpha value is -0.160. The molecule has 4 heteroatoms. The SMILES string of the molecule is CC1CCC(CNC2CC2)(CN2CC(O)C(O)C2)CC1. The Morgan fingerprint density at radius 3 is 2.20 bits per heavy atom. The third kappa shape index (κ3) is 3.53.